The Balaban J connectivity index is 2.40. The van der Waals surface area contributed by atoms with E-state index >= 15 is 0 Å². The van der Waals surface area contributed by atoms with Gasteiger partial charge >= 0.3 is 0 Å². The van der Waals surface area contributed by atoms with Gasteiger partial charge in [0.1, 0.15) is 5.82 Å². The lowest BCUT2D eigenvalue weighted by Crippen LogP contribution is -2.22. The predicted molar refractivity (Wildman–Crippen MR) is 83.3 cm³/mol. The average molecular weight is 287 g/mol. The molecule has 110 valence electrons. The van der Waals surface area contributed by atoms with E-state index in [1.165, 1.54) is 17.0 Å². The van der Waals surface area contributed by atoms with Gasteiger partial charge in [0.25, 0.3) is 5.91 Å². The summed E-state index contributed by atoms with van der Waals surface area (Å²) in [5, 5.41) is 0. The number of carbonyl (C=O) groups is 1. The minimum Gasteiger partial charge on any atom is -0.397 e. The normalized spacial score (nSPS) is 10.3. The number of halogens is 1. The van der Waals surface area contributed by atoms with Crippen molar-refractivity contribution in [2.45, 2.75) is 0 Å². The second kappa shape index (κ2) is 5.83. The highest BCUT2D eigenvalue weighted by molar-refractivity contribution is 5.96. The van der Waals surface area contributed by atoms with Crippen molar-refractivity contribution in [3.8, 4) is 0 Å². The predicted octanol–water partition coefficient (Wildman–Crippen LogP) is 2.88. The Bertz CT molecular complexity index is 653. The molecule has 0 aromatic heterocycles. The van der Waals surface area contributed by atoms with Crippen LogP contribution in [0.5, 0.6) is 0 Å². The highest BCUT2D eigenvalue weighted by Crippen LogP contribution is 2.30. The van der Waals surface area contributed by atoms with Gasteiger partial charge in [-0.05, 0) is 42.5 Å². The Kier molecular flexibility index (Phi) is 4.12. The second-order valence-electron chi connectivity index (χ2n) is 5.01. The molecule has 0 heterocycles. The quantitative estimate of drug-likeness (QED) is 0.883. The van der Waals surface area contributed by atoms with Gasteiger partial charge in [-0.1, -0.05) is 0 Å². The monoisotopic (exact) mass is 287 g/mol. The van der Waals surface area contributed by atoms with Crippen LogP contribution in [0.25, 0.3) is 0 Å². The second-order valence-corrected chi connectivity index (χ2v) is 5.01. The Morgan fingerprint density at radius 1 is 1.05 bits per heavy atom. The van der Waals surface area contributed by atoms with Gasteiger partial charge in [0.15, 0.2) is 0 Å². The smallest absolute Gasteiger partial charge is 0.253 e. The molecule has 0 saturated heterocycles. The van der Waals surface area contributed by atoms with Crippen LogP contribution in [0.4, 0.5) is 21.5 Å². The van der Waals surface area contributed by atoms with E-state index in [4.69, 9.17) is 5.73 Å². The minimum atomic E-state index is -0.295. The van der Waals surface area contributed by atoms with Gasteiger partial charge < -0.3 is 15.5 Å². The van der Waals surface area contributed by atoms with Gasteiger partial charge in [-0.25, -0.2) is 4.39 Å². The van der Waals surface area contributed by atoms with Crippen LogP contribution in [-0.4, -0.2) is 32.0 Å². The number of carbonyl (C=O) groups excluding carboxylic acids is 1. The standard InChI is InChI=1S/C16H18FN3O/c1-19(2)16(21)11-4-9-14(18)15(10-11)20(3)13-7-5-12(17)6-8-13/h4-10H,18H2,1-3H3. The maximum atomic E-state index is 13.0. The van der Waals surface area contributed by atoms with Crippen molar-refractivity contribution in [3.63, 3.8) is 0 Å². The fourth-order valence-electron chi connectivity index (χ4n) is 2.03. The fourth-order valence-corrected chi connectivity index (χ4v) is 2.03. The van der Waals surface area contributed by atoms with Gasteiger partial charge in [-0.15, -0.1) is 0 Å². The van der Waals surface area contributed by atoms with E-state index < -0.39 is 0 Å². The number of amides is 1. The summed E-state index contributed by atoms with van der Waals surface area (Å²) in [6, 6.07) is 11.2. The first kappa shape index (κ1) is 14.8. The van der Waals surface area contributed by atoms with Crippen LogP contribution >= 0.6 is 0 Å². The van der Waals surface area contributed by atoms with E-state index in [2.05, 4.69) is 0 Å². The van der Waals surface area contributed by atoms with Crippen molar-refractivity contribution in [2.24, 2.45) is 0 Å². The van der Waals surface area contributed by atoms with Gasteiger partial charge in [0.05, 0.1) is 11.4 Å². The van der Waals surface area contributed by atoms with Crippen LogP contribution in [0.1, 0.15) is 10.4 Å². The molecule has 0 aliphatic rings. The summed E-state index contributed by atoms with van der Waals surface area (Å²) in [4.78, 5) is 15.4. The van der Waals surface area contributed by atoms with Crippen molar-refractivity contribution < 1.29 is 9.18 Å². The van der Waals surface area contributed by atoms with E-state index in [9.17, 15) is 9.18 Å². The summed E-state index contributed by atoms with van der Waals surface area (Å²) in [6.45, 7) is 0. The third-order valence-corrected chi connectivity index (χ3v) is 3.26. The van der Waals surface area contributed by atoms with Crippen LogP contribution in [0.3, 0.4) is 0 Å². The number of nitrogen functional groups attached to an aromatic ring is 1. The zero-order valence-corrected chi connectivity index (χ0v) is 12.3. The van der Waals surface area contributed by atoms with E-state index in [-0.39, 0.29) is 11.7 Å². The molecular formula is C16H18FN3O. The van der Waals surface area contributed by atoms with Crippen molar-refractivity contribution in [1.29, 1.82) is 0 Å². The SMILES string of the molecule is CN(C)C(=O)c1ccc(N)c(N(C)c2ccc(F)cc2)c1. The zero-order chi connectivity index (χ0) is 15.6. The van der Waals surface area contributed by atoms with E-state index in [0.717, 1.165) is 5.69 Å². The molecule has 5 heteroatoms. The topological polar surface area (TPSA) is 49.6 Å². The molecule has 1 amide bonds. The highest BCUT2D eigenvalue weighted by Gasteiger charge is 2.13. The van der Waals surface area contributed by atoms with Gasteiger partial charge in [-0.3, -0.25) is 4.79 Å². The van der Waals surface area contributed by atoms with Crippen LogP contribution in [-0.2, 0) is 0 Å². The lowest BCUT2D eigenvalue weighted by molar-refractivity contribution is 0.0827. The molecule has 2 aromatic carbocycles. The molecule has 0 spiro atoms. The summed E-state index contributed by atoms with van der Waals surface area (Å²) >= 11 is 0. The van der Waals surface area contributed by atoms with Crippen molar-refractivity contribution in [1.82, 2.24) is 4.90 Å². The molecular weight excluding hydrogens is 269 g/mol. The molecule has 2 rings (SSSR count). The molecule has 4 nitrogen and oxygen atoms in total. The molecule has 0 saturated carbocycles. The minimum absolute atomic E-state index is 0.0937. The molecule has 0 aliphatic carbocycles. The number of hydrogen-bond acceptors (Lipinski definition) is 3. The first-order chi connectivity index (χ1) is 9.90. The lowest BCUT2D eigenvalue weighted by Gasteiger charge is -2.22. The van der Waals surface area contributed by atoms with Crippen molar-refractivity contribution >= 4 is 23.0 Å². The zero-order valence-electron chi connectivity index (χ0n) is 12.3. The summed E-state index contributed by atoms with van der Waals surface area (Å²) in [5.41, 5.74) is 8.59. The molecule has 0 unspecified atom stereocenters. The number of hydrogen-bond donors (Lipinski definition) is 1. The number of nitrogens with zero attached hydrogens (tertiary/aromatic N) is 2. The number of anilines is 3. The maximum absolute atomic E-state index is 13.0. The molecule has 0 bridgehead atoms. The lowest BCUT2D eigenvalue weighted by atomic mass is 10.1. The number of rotatable bonds is 3. The molecule has 2 aromatic rings. The fraction of sp³-hybridized carbons (Fsp3) is 0.188. The van der Waals surface area contributed by atoms with E-state index in [1.54, 1.807) is 44.4 Å². The van der Waals surface area contributed by atoms with Crippen LogP contribution in [0.2, 0.25) is 0 Å². The first-order valence-electron chi connectivity index (χ1n) is 6.50. The molecule has 2 N–H and O–H groups in total. The van der Waals surface area contributed by atoms with Gasteiger partial charge in [-0.2, -0.15) is 0 Å². The molecule has 0 aliphatic heterocycles. The Morgan fingerprint density at radius 3 is 2.24 bits per heavy atom. The van der Waals surface area contributed by atoms with Gasteiger partial charge in [0, 0.05) is 32.4 Å². The summed E-state index contributed by atoms with van der Waals surface area (Å²) in [7, 11) is 5.22. The summed E-state index contributed by atoms with van der Waals surface area (Å²) < 4.78 is 13.0. The van der Waals surface area contributed by atoms with Crippen LogP contribution in [0, 0.1) is 5.82 Å². The Hall–Kier alpha value is -2.56. The summed E-state index contributed by atoms with van der Waals surface area (Å²) in [5.74, 6) is -0.389. The molecule has 0 atom stereocenters. The van der Waals surface area contributed by atoms with Crippen LogP contribution < -0.4 is 10.6 Å². The Labute approximate surface area is 123 Å². The third-order valence-electron chi connectivity index (χ3n) is 3.26. The highest BCUT2D eigenvalue weighted by atomic mass is 19.1. The third kappa shape index (κ3) is 3.13. The maximum Gasteiger partial charge on any atom is 0.253 e. The van der Waals surface area contributed by atoms with Crippen LogP contribution in [0.15, 0.2) is 42.5 Å². The molecule has 21 heavy (non-hydrogen) atoms. The largest absolute Gasteiger partial charge is 0.397 e. The number of nitrogens with two attached hydrogens (primary N) is 1. The van der Waals surface area contributed by atoms with Crippen molar-refractivity contribution in [3.05, 3.63) is 53.8 Å². The summed E-state index contributed by atoms with van der Waals surface area (Å²) in [6.07, 6.45) is 0. The van der Waals surface area contributed by atoms with Crippen molar-refractivity contribution in [2.75, 3.05) is 31.8 Å². The van der Waals surface area contributed by atoms with Gasteiger partial charge in [0.2, 0.25) is 0 Å². The van der Waals surface area contributed by atoms with E-state index in [0.29, 0.717) is 16.9 Å². The Morgan fingerprint density at radius 2 is 1.67 bits per heavy atom. The molecule has 0 radical (unpaired) electrons. The number of benzene rings is 2. The average Bonchev–Trinajstić information content (AvgIpc) is 2.47. The first-order valence-corrected chi connectivity index (χ1v) is 6.50. The van der Waals surface area contributed by atoms with E-state index in [1.807, 2.05) is 11.9 Å². The molecule has 0 fully saturated rings.